The lowest BCUT2D eigenvalue weighted by Crippen LogP contribution is -2.38. The zero-order chi connectivity index (χ0) is 12.6. The van der Waals surface area contributed by atoms with Crippen LogP contribution in [0.15, 0.2) is 21.2 Å². The molecule has 0 radical (unpaired) electrons. The fourth-order valence-corrected chi connectivity index (χ4v) is 2.36. The first-order valence-electron chi connectivity index (χ1n) is 4.92. The minimum absolute atomic E-state index is 0.0857. The molecule has 0 spiro atoms. The molecule has 17 heavy (non-hydrogen) atoms. The van der Waals surface area contributed by atoms with Crippen molar-refractivity contribution >= 4 is 22.9 Å². The number of halogens is 1. The Balaban J connectivity index is 2.65. The fraction of sp³-hybridized carbons (Fsp3) is 0.300. The van der Waals surface area contributed by atoms with E-state index in [2.05, 4.69) is 9.97 Å². The molecule has 2 aromatic heterocycles. The van der Waals surface area contributed by atoms with Crippen molar-refractivity contribution in [2.24, 2.45) is 0 Å². The number of aromatic nitrogens is 3. The molecule has 0 aliphatic carbocycles. The van der Waals surface area contributed by atoms with Gasteiger partial charge in [-0.15, -0.1) is 11.3 Å². The summed E-state index contributed by atoms with van der Waals surface area (Å²) in [7, 11) is 0. The molecule has 1 N–H and O–H groups in total. The standard InChI is InChI=1S/C10H10ClN3O2S/c1-5-7(11)13-10(16)14(9(5)15)6(2)8-12-3-4-17-8/h3-4,6H,1-2H3,(H,13,16). The van der Waals surface area contributed by atoms with E-state index in [1.807, 2.05) is 0 Å². The molecule has 0 amide bonds. The number of nitrogens with zero attached hydrogens (tertiary/aromatic N) is 2. The topological polar surface area (TPSA) is 67.8 Å². The van der Waals surface area contributed by atoms with Crippen LogP contribution >= 0.6 is 22.9 Å². The molecule has 2 aromatic rings. The summed E-state index contributed by atoms with van der Waals surface area (Å²) in [6.07, 6.45) is 1.64. The van der Waals surface area contributed by atoms with Crippen LogP contribution in [0.3, 0.4) is 0 Å². The van der Waals surface area contributed by atoms with Gasteiger partial charge in [0.1, 0.15) is 10.2 Å². The Labute approximate surface area is 106 Å². The van der Waals surface area contributed by atoms with Gasteiger partial charge in [-0.25, -0.2) is 9.78 Å². The first-order chi connectivity index (χ1) is 8.02. The minimum Gasteiger partial charge on any atom is -0.297 e. The summed E-state index contributed by atoms with van der Waals surface area (Å²) in [4.78, 5) is 30.3. The molecule has 0 saturated carbocycles. The maximum Gasteiger partial charge on any atom is 0.330 e. The number of hydrogen-bond acceptors (Lipinski definition) is 4. The molecule has 5 nitrogen and oxygen atoms in total. The predicted octanol–water partition coefficient (Wildman–Crippen LogP) is 1.56. The fourth-order valence-electron chi connectivity index (χ4n) is 1.52. The summed E-state index contributed by atoms with van der Waals surface area (Å²) >= 11 is 7.14. The number of nitrogens with one attached hydrogen (secondary N) is 1. The van der Waals surface area contributed by atoms with Crippen LogP contribution in [-0.2, 0) is 0 Å². The van der Waals surface area contributed by atoms with Gasteiger partial charge in [-0.2, -0.15) is 0 Å². The highest BCUT2D eigenvalue weighted by Crippen LogP contribution is 2.17. The molecule has 0 aliphatic heterocycles. The van der Waals surface area contributed by atoms with Gasteiger partial charge >= 0.3 is 5.69 Å². The summed E-state index contributed by atoms with van der Waals surface area (Å²) < 4.78 is 1.13. The molecule has 90 valence electrons. The Morgan fingerprint density at radius 3 is 2.82 bits per heavy atom. The Morgan fingerprint density at radius 2 is 2.24 bits per heavy atom. The van der Waals surface area contributed by atoms with E-state index in [1.165, 1.54) is 11.3 Å². The lowest BCUT2D eigenvalue weighted by atomic mass is 10.3. The van der Waals surface area contributed by atoms with Crippen LogP contribution < -0.4 is 11.2 Å². The van der Waals surface area contributed by atoms with Crippen molar-refractivity contribution in [2.75, 3.05) is 0 Å². The Hall–Kier alpha value is -1.40. The second-order valence-electron chi connectivity index (χ2n) is 3.59. The molecule has 7 heteroatoms. The second kappa shape index (κ2) is 4.46. The molecule has 0 fully saturated rings. The van der Waals surface area contributed by atoms with Crippen molar-refractivity contribution in [3.63, 3.8) is 0 Å². The maximum atomic E-state index is 12.0. The number of thiazole rings is 1. The number of H-pyrrole nitrogens is 1. The van der Waals surface area contributed by atoms with Crippen molar-refractivity contribution in [1.82, 2.24) is 14.5 Å². The van der Waals surface area contributed by atoms with E-state index in [9.17, 15) is 9.59 Å². The van der Waals surface area contributed by atoms with Crippen molar-refractivity contribution in [1.29, 1.82) is 0 Å². The van der Waals surface area contributed by atoms with Gasteiger partial charge in [0, 0.05) is 17.1 Å². The Morgan fingerprint density at radius 1 is 1.53 bits per heavy atom. The molecule has 0 aliphatic rings. The summed E-state index contributed by atoms with van der Waals surface area (Å²) in [5.74, 6) is 0. The highest BCUT2D eigenvalue weighted by atomic mass is 35.5. The number of hydrogen-bond donors (Lipinski definition) is 1. The first kappa shape index (κ1) is 12.1. The SMILES string of the molecule is Cc1c(Cl)[nH]c(=O)n(C(C)c2nccs2)c1=O. The summed E-state index contributed by atoms with van der Waals surface area (Å²) in [6.45, 7) is 3.33. The van der Waals surface area contributed by atoms with Gasteiger partial charge in [-0.05, 0) is 13.8 Å². The lowest BCUT2D eigenvalue weighted by molar-refractivity contribution is 0.571. The minimum atomic E-state index is -0.520. The molecule has 1 unspecified atom stereocenters. The number of aromatic amines is 1. The van der Waals surface area contributed by atoms with E-state index in [0.717, 1.165) is 4.57 Å². The van der Waals surface area contributed by atoms with Crippen LogP contribution in [-0.4, -0.2) is 14.5 Å². The monoisotopic (exact) mass is 271 g/mol. The Bertz CT molecular complexity index is 645. The molecule has 1 atom stereocenters. The highest BCUT2D eigenvalue weighted by molar-refractivity contribution is 7.09. The molecular formula is C10H10ClN3O2S. The number of rotatable bonds is 2. The molecule has 2 rings (SSSR count). The van der Waals surface area contributed by atoms with E-state index in [1.54, 1.807) is 25.4 Å². The molecule has 0 saturated heterocycles. The second-order valence-corrected chi connectivity index (χ2v) is 4.89. The predicted molar refractivity (Wildman–Crippen MR) is 67.0 cm³/mol. The van der Waals surface area contributed by atoms with Gasteiger partial charge in [0.15, 0.2) is 0 Å². The van der Waals surface area contributed by atoms with Crippen LogP contribution in [0.4, 0.5) is 0 Å². The molecule has 0 aromatic carbocycles. The van der Waals surface area contributed by atoms with Crippen molar-refractivity contribution in [3.8, 4) is 0 Å². The van der Waals surface area contributed by atoms with E-state index < -0.39 is 11.7 Å². The van der Waals surface area contributed by atoms with Crippen molar-refractivity contribution in [2.45, 2.75) is 19.9 Å². The quantitative estimate of drug-likeness (QED) is 0.843. The summed E-state index contributed by atoms with van der Waals surface area (Å²) in [5.41, 5.74) is -0.579. The van der Waals surface area contributed by atoms with Crippen LogP contribution in [0.1, 0.15) is 23.5 Å². The summed E-state index contributed by atoms with van der Waals surface area (Å²) in [6, 6.07) is -0.401. The van der Waals surface area contributed by atoms with Gasteiger partial charge < -0.3 is 0 Å². The normalized spacial score (nSPS) is 12.6. The third-order valence-corrected chi connectivity index (χ3v) is 3.82. The summed E-state index contributed by atoms with van der Waals surface area (Å²) in [5, 5.41) is 2.59. The van der Waals surface area contributed by atoms with Crippen molar-refractivity contribution in [3.05, 3.63) is 48.1 Å². The molecule has 0 bridgehead atoms. The first-order valence-corrected chi connectivity index (χ1v) is 6.18. The Kier molecular flexibility index (Phi) is 3.17. The lowest BCUT2D eigenvalue weighted by Gasteiger charge is -2.12. The van der Waals surface area contributed by atoms with E-state index >= 15 is 0 Å². The zero-order valence-electron chi connectivity index (χ0n) is 9.23. The van der Waals surface area contributed by atoms with E-state index in [4.69, 9.17) is 11.6 Å². The van der Waals surface area contributed by atoms with E-state index in [-0.39, 0.29) is 10.7 Å². The van der Waals surface area contributed by atoms with E-state index in [0.29, 0.717) is 10.6 Å². The van der Waals surface area contributed by atoms with Crippen molar-refractivity contribution < 1.29 is 0 Å². The van der Waals surface area contributed by atoms with Crippen LogP contribution in [0.5, 0.6) is 0 Å². The molecule has 2 heterocycles. The van der Waals surface area contributed by atoms with Gasteiger partial charge in [0.05, 0.1) is 6.04 Å². The van der Waals surface area contributed by atoms with Crippen LogP contribution in [0, 0.1) is 6.92 Å². The zero-order valence-corrected chi connectivity index (χ0v) is 10.8. The van der Waals surface area contributed by atoms with Gasteiger partial charge in [-0.3, -0.25) is 14.3 Å². The average molecular weight is 272 g/mol. The average Bonchev–Trinajstić information content (AvgIpc) is 2.79. The third-order valence-electron chi connectivity index (χ3n) is 2.50. The van der Waals surface area contributed by atoms with Crippen LogP contribution in [0.2, 0.25) is 5.15 Å². The maximum absolute atomic E-state index is 12.0. The van der Waals surface area contributed by atoms with Gasteiger partial charge in [0.2, 0.25) is 0 Å². The third kappa shape index (κ3) is 2.05. The van der Waals surface area contributed by atoms with Gasteiger partial charge in [0.25, 0.3) is 5.56 Å². The molecular weight excluding hydrogens is 262 g/mol. The highest BCUT2D eigenvalue weighted by Gasteiger charge is 2.17. The largest absolute Gasteiger partial charge is 0.330 e. The van der Waals surface area contributed by atoms with Gasteiger partial charge in [-0.1, -0.05) is 11.6 Å². The smallest absolute Gasteiger partial charge is 0.297 e. The van der Waals surface area contributed by atoms with Crippen LogP contribution in [0.25, 0.3) is 0 Å².